The molecule has 0 atom stereocenters. The third-order valence-corrected chi connectivity index (χ3v) is 3.23. The highest BCUT2D eigenvalue weighted by Gasteiger charge is 2.05. The SMILES string of the molecule is CC(C)CCCSc1ccnc(C(=O)O)c1. The summed E-state index contributed by atoms with van der Waals surface area (Å²) in [5.41, 5.74) is 0.119. The first-order chi connectivity index (χ1) is 7.59. The number of carboxylic acids is 1. The van der Waals surface area contributed by atoms with E-state index in [4.69, 9.17) is 5.11 Å². The van der Waals surface area contributed by atoms with E-state index >= 15 is 0 Å². The lowest BCUT2D eigenvalue weighted by Gasteiger charge is -2.04. The van der Waals surface area contributed by atoms with Gasteiger partial charge in [-0.2, -0.15) is 0 Å². The van der Waals surface area contributed by atoms with Crippen molar-refractivity contribution in [1.82, 2.24) is 4.98 Å². The maximum atomic E-state index is 10.7. The summed E-state index contributed by atoms with van der Waals surface area (Å²) in [6.45, 7) is 4.42. The quantitative estimate of drug-likeness (QED) is 0.611. The van der Waals surface area contributed by atoms with Crippen molar-refractivity contribution in [2.75, 3.05) is 5.75 Å². The van der Waals surface area contributed by atoms with Crippen LogP contribution >= 0.6 is 11.8 Å². The van der Waals surface area contributed by atoms with Crippen molar-refractivity contribution in [2.24, 2.45) is 5.92 Å². The van der Waals surface area contributed by atoms with Gasteiger partial charge in [0.15, 0.2) is 0 Å². The van der Waals surface area contributed by atoms with Crippen LogP contribution in [0, 0.1) is 5.92 Å². The molecule has 0 spiro atoms. The van der Waals surface area contributed by atoms with E-state index in [0.29, 0.717) is 0 Å². The Morgan fingerprint density at radius 3 is 2.94 bits per heavy atom. The predicted molar refractivity (Wildman–Crippen MR) is 66.0 cm³/mol. The molecule has 1 rings (SSSR count). The first kappa shape index (κ1) is 13.0. The summed E-state index contributed by atoms with van der Waals surface area (Å²) >= 11 is 1.69. The van der Waals surface area contributed by atoms with Gasteiger partial charge in [-0.25, -0.2) is 9.78 Å². The lowest BCUT2D eigenvalue weighted by molar-refractivity contribution is 0.0690. The fraction of sp³-hybridized carbons (Fsp3) is 0.500. The molecule has 0 radical (unpaired) electrons. The zero-order chi connectivity index (χ0) is 12.0. The molecule has 0 bridgehead atoms. The maximum absolute atomic E-state index is 10.7. The Hall–Kier alpha value is -1.03. The van der Waals surface area contributed by atoms with E-state index in [0.717, 1.165) is 23.0 Å². The van der Waals surface area contributed by atoms with Crippen LogP contribution < -0.4 is 0 Å². The first-order valence-corrected chi connectivity index (χ1v) is 6.40. The molecule has 1 heterocycles. The van der Waals surface area contributed by atoms with Crippen LogP contribution in [0.3, 0.4) is 0 Å². The van der Waals surface area contributed by atoms with Gasteiger partial charge < -0.3 is 5.11 Å². The van der Waals surface area contributed by atoms with Crippen molar-refractivity contribution in [3.63, 3.8) is 0 Å². The van der Waals surface area contributed by atoms with Gasteiger partial charge in [0.25, 0.3) is 0 Å². The molecular weight excluding hydrogens is 222 g/mol. The number of rotatable bonds is 6. The smallest absolute Gasteiger partial charge is 0.354 e. The van der Waals surface area contributed by atoms with E-state index < -0.39 is 5.97 Å². The number of thioether (sulfide) groups is 1. The summed E-state index contributed by atoms with van der Waals surface area (Å²) in [6.07, 6.45) is 3.92. The standard InChI is InChI=1S/C12H17NO2S/c1-9(2)4-3-7-16-10-5-6-13-11(8-10)12(14)15/h5-6,8-9H,3-4,7H2,1-2H3,(H,14,15). The second-order valence-corrected chi connectivity index (χ2v) is 5.23. The molecule has 0 aliphatic carbocycles. The molecule has 0 saturated carbocycles. The van der Waals surface area contributed by atoms with Crippen LogP contribution in [0.4, 0.5) is 0 Å². The third-order valence-electron chi connectivity index (χ3n) is 2.15. The fourth-order valence-electron chi connectivity index (χ4n) is 1.30. The Balaban J connectivity index is 2.42. The normalized spacial score (nSPS) is 10.7. The molecule has 1 aromatic rings. The number of carboxylic acid groups (broad SMARTS) is 1. The van der Waals surface area contributed by atoms with Crippen LogP contribution in [0.5, 0.6) is 0 Å². The number of hydrogen-bond acceptors (Lipinski definition) is 3. The highest BCUT2D eigenvalue weighted by molar-refractivity contribution is 7.99. The highest BCUT2D eigenvalue weighted by atomic mass is 32.2. The molecule has 0 unspecified atom stereocenters. The van der Waals surface area contributed by atoms with Crippen LogP contribution in [0.1, 0.15) is 37.2 Å². The van der Waals surface area contributed by atoms with Crippen LogP contribution in [0.25, 0.3) is 0 Å². The lowest BCUT2D eigenvalue weighted by atomic mass is 10.1. The highest BCUT2D eigenvalue weighted by Crippen LogP contribution is 2.20. The molecular formula is C12H17NO2S. The summed E-state index contributed by atoms with van der Waals surface area (Å²) in [4.78, 5) is 15.5. The van der Waals surface area contributed by atoms with E-state index in [-0.39, 0.29) is 5.69 Å². The van der Waals surface area contributed by atoms with Crippen LogP contribution in [0.15, 0.2) is 23.2 Å². The van der Waals surface area contributed by atoms with Gasteiger partial charge in [-0.15, -0.1) is 11.8 Å². The number of nitrogens with zero attached hydrogens (tertiary/aromatic N) is 1. The topological polar surface area (TPSA) is 50.2 Å². The van der Waals surface area contributed by atoms with Gasteiger partial charge in [0, 0.05) is 11.1 Å². The van der Waals surface area contributed by atoms with Crippen LogP contribution in [-0.2, 0) is 0 Å². The molecule has 0 aliphatic rings. The first-order valence-electron chi connectivity index (χ1n) is 5.41. The monoisotopic (exact) mass is 239 g/mol. The van der Waals surface area contributed by atoms with E-state index in [1.807, 2.05) is 6.07 Å². The molecule has 0 fully saturated rings. The molecule has 1 N–H and O–H groups in total. The Labute approximate surface area is 100 Å². The van der Waals surface area contributed by atoms with Crippen molar-refractivity contribution in [3.8, 4) is 0 Å². The van der Waals surface area contributed by atoms with E-state index in [1.54, 1.807) is 24.0 Å². The van der Waals surface area contributed by atoms with Gasteiger partial charge in [0.05, 0.1) is 0 Å². The average molecular weight is 239 g/mol. The molecule has 4 heteroatoms. The minimum absolute atomic E-state index is 0.119. The maximum Gasteiger partial charge on any atom is 0.354 e. The summed E-state index contributed by atoms with van der Waals surface area (Å²) < 4.78 is 0. The average Bonchev–Trinajstić information content (AvgIpc) is 2.24. The van der Waals surface area contributed by atoms with Crippen molar-refractivity contribution in [3.05, 3.63) is 24.0 Å². The molecule has 3 nitrogen and oxygen atoms in total. The third kappa shape index (κ3) is 4.66. The number of aromatic carboxylic acids is 1. The van der Waals surface area contributed by atoms with Crippen molar-refractivity contribution >= 4 is 17.7 Å². The van der Waals surface area contributed by atoms with E-state index in [1.165, 1.54) is 6.42 Å². The van der Waals surface area contributed by atoms with Gasteiger partial charge in [-0.1, -0.05) is 20.3 Å². The van der Waals surface area contributed by atoms with Crippen molar-refractivity contribution in [1.29, 1.82) is 0 Å². The second-order valence-electron chi connectivity index (χ2n) is 4.07. The number of pyridine rings is 1. The summed E-state index contributed by atoms with van der Waals surface area (Å²) in [5.74, 6) is 0.790. The van der Waals surface area contributed by atoms with Crippen molar-refractivity contribution < 1.29 is 9.90 Å². The lowest BCUT2D eigenvalue weighted by Crippen LogP contribution is -1.99. The number of hydrogen-bond donors (Lipinski definition) is 1. The number of aromatic nitrogens is 1. The molecule has 0 aromatic carbocycles. The van der Waals surface area contributed by atoms with Gasteiger partial charge in [-0.05, 0) is 30.2 Å². The molecule has 0 saturated heterocycles. The minimum Gasteiger partial charge on any atom is -0.477 e. The Bertz CT molecular complexity index is 353. The predicted octanol–water partition coefficient (Wildman–Crippen LogP) is 3.31. The van der Waals surface area contributed by atoms with Crippen molar-refractivity contribution in [2.45, 2.75) is 31.6 Å². The zero-order valence-corrected chi connectivity index (χ0v) is 10.5. The van der Waals surface area contributed by atoms with E-state index in [2.05, 4.69) is 18.8 Å². The van der Waals surface area contributed by atoms with Crippen LogP contribution in [-0.4, -0.2) is 21.8 Å². The zero-order valence-electron chi connectivity index (χ0n) is 9.64. The van der Waals surface area contributed by atoms with E-state index in [9.17, 15) is 4.79 Å². The van der Waals surface area contributed by atoms with Gasteiger partial charge in [0.2, 0.25) is 0 Å². The Kier molecular flexibility index (Phi) is 5.32. The summed E-state index contributed by atoms with van der Waals surface area (Å²) in [7, 11) is 0. The van der Waals surface area contributed by atoms with Gasteiger partial charge in [0.1, 0.15) is 5.69 Å². The van der Waals surface area contributed by atoms with Gasteiger partial charge >= 0.3 is 5.97 Å². The summed E-state index contributed by atoms with van der Waals surface area (Å²) in [5, 5.41) is 8.78. The number of carbonyl (C=O) groups is 1. The summed E-state index contributed by atoms with van der Waals surface area (Å²) in [6, 6.07) is 3.48. The second kappa shape index (κ2) is 6.53. The largest absolute Gasteiger partial charge is 0.477 e. The molecule has 0 amide bonds. The molecule has 88 valence electrons. The fourth-order valence-corrected chi connectivity index (χ4v) is 2.20. The Morgan fingerprint density at radius 1 is 1.56 bits per heavy atom. The minimum atomic E-state index is -0.968. The Morgan fingerprint density at radius 2 is 2.31 bits per heavy atom. The van der Waals surface area contributed by atoms with Gasteiger partial charge in [-0.3, -0.25) is 0 Å². The molecule has 0 aliphatic heterocycles. The van der Waals surface area contributed by atoms with Crippen LogP contribution in [0.2, 0.25) is 0 Å². The molecule has 16 heavy (non-hydrogen) atoms. The molecule has 1 aromatic heterocycles.